The monoisotopic (exact) mass is 350 g/mol. The molecule has 2 aromatic carbocycles. The number of benzene rings is 2. The van der Waals surface area contributed by atoms with E-state index in [9.17, 15) is 4.79 Å². The van der Waals surface area contributed by atoms with E-state index in [0.717, 1.165) is 16.8 Å². The Kier molecular flexibility index (Phi) is 4.24. The summed E-state index contributed by atoms with van der Waals surface area (Å²) in [7, 11) is 0. The standard InChI is InChI=1S/C21H22N2O3/c1-21(2)23(18(14-25-21)16-11-7-4-8-12-16)20(24)19-13-17(22-26-19)15-9-5-3-6-10-15/h3-12,18-19H,13-14H2,1-2H3/t18-,19-/m0/s1. The molecular weight excluding hydrogens is 328 g/mol. The summed E-state index contributed by atoms with van der Waals surface area (Å²) in [6.45, 7) is 4.31. The summed E-state index contributed by atoms with van der Waals surface area (Å²) >= 11 is 0. The van der Waals surface area contributed by atoms with E-state index >= 15 is 0 Å². The number of amides is 1. The van der Waals surface area contributed by atoms with Crippen molar-refractivity contribution in [2.75, 3.05) is 6.61 Å². The van der Waals surface area contributed by atoms with Crippen LogP contribution in [0, 0.1) is 0 Å². The van der Waals surface area contributed by atoms with Crippen molar-refractivity contribution in [3.63, 3.8) is 0 Å². The van der Waals surface area contributed by atoms with E-state index in [2.05, 4.69) is 5.16 Å². The van der Waals surface area contributed by atoms with E-state index in [4.69, 9.17) is 9.57 Å². The van der Waals surface area contributed by atoms with Gasteiger partial charge in [0.15, 0.2) is 0 Å². The molecule has 2 aromatic rings. The van der Waals surface area contributed by atoms with Crippen molar-refractivity contribution in [1.82, 2.24) is 4.90 Å². The smallest absolute Gasteiger partial charge is 0.269 e. The summed E-state index contributed by atoms with van der Waals surface area (Å²) in [6, 6.07) is 19.7. The van der Waals surface area contributed by atoms with Crippen molar-refractivity contribution in [3.8, 4) is 0 Å². The molecule has 0 spiro atoms. The van der Waals surface area contributed by atoms with Gasteiger partial charge >= 0.3 is 0 Å². The van der Waals surface area contributed by atoms with E-state index in [1.54, 1.807) is 4.90 Å². The van der Waals surface area contributed by atoms with Gasteiger partial charge in [-0.05, 0) is 25.0 Å². The van der Waals surface area contributed by atoms with Crippen LogP contribution in [0.4, 0.5) is 0 Å². The van der Waals surface area contributed by atoms with Crippen LogP contribution in [0.2, 0.25) is 0 Å². The zero-order chi connectivity index (χ0) is 18.1. The van der Waals surface area contributed by atoms with Crippen LogP contribution < -0.4 is 0 Å². The molecular formula is C21H22N2O3. The molecule has 4 rings (SSSR count). The maximum atomic E-state index is 13.3. The highest BCUT2D eigenvalue weighted by atomic mass is 16.6. The Balaban J connectivity index is 1.55. The number of hydrogen-bond donors (Lipinski definition) is 0. The molecule has 0 aromatic heterocycles. The van der Waals surface area contributed by atoms with Crippen molar-refractivity contribution in [2.24, 2.45) is 5.16 Å². The number of ether oxygens (including phenoxy) is 1. The topological polar surface area (TPSA) is 51.1 Å². The fourth-order valence-corrected chi connectivity index (χ4v) is 3.61. The number of carbonyl (C=O) groups is 1. The summed E-state index contributed by atoms with van der Waals surface area (Å²) in [6.07, 6.45) is -0.144. The van der Waals surface area contributed by atoms with Crippen LogP contribution in [0.15, 0.2) is 65.8 Å². The lowest BCUT2D eigenvalue weighted by Crippen LogP contribution is -2.49. The van der Waals surface area contributed by atoms with E-state index in [0.29, 0.717) is 13.0 Å². The molecule has 0 saturated carbocycles. The van der Waals surface area contributed by atoms with E-state index in [1.165, 1.54) is 0 Å². The van der Waals surface area contributed by atoms with Crippen molar-refractivity contribution in [1.29, 1.82) is 0 Å². The van der Waals surface area contributed by atoms with Gasteiger partial charge in [0, 0.05) is 6.42 Å². The highest BCUT2D eigenvalue weighted by Gasteiger charge is 2.48. The van der Waals surface area contributed by atoms with Crippen LogP contribution in [0.1, 0.15) is 37.4 Å². The molecule has 0 radical (unpaired) electrons. The molecule has 1 saturated heterocycles. The average molecular weight is 350 g/mol. The van der Waals surface area contributed by atoms with Crippen molar-refractivity contribution in [2.45, 2.75) is 38.1 Å². The number of nitrogens with zero attached hydrogens (tertiary/aromatic N) is 2. The van der Waals surface area contributed by atoms with Crippen LogP contribution in [0.25, 0.3) is 0 Å². The zero-order valence-electron chi connectivity index (χ0n) is 15.0. The van der Waals surface area contributed by atoms with Crippen LogP contribution in [-0.2, 0) is 14.4 Å². The minimum absolute atomic E-state index is 0.0870. The lowest BCUT2D eigenvalue weighted by Gasteiger charge is -2.35. The fourth-order valence-electron chi connectivity index (χ4n) is 3.61. The van der Waals surface area contributed by atoms with Gasteiger partial charge in [-0.15, -0.1) is 0 Å². The quantitative estimate of drug-likeness (QED) is 0.851. The first-order valence-corrected chi connectivity index (χ1v) is 8.86. The zero-order valence-corrected chi connectivity index (χ0v) is 15.0. The number of carbonyl (C=O) groups excluding carboxylic acids is 1. The first-order chi connectivity index (χ1) is 12.6. The molecule has 0 unspecified atom stereocenters. The van der Waals surface area contributed by atoms with Crippen LogP contribution in [-0.4, -0.2) is 35.0 Å². The van der Waals surface area contributed by atoms with Gasteiger partial charge in [-0.25, -0.2) is 0 Å². The summed E-state index contributed by atoms with van der Waals surface area (Å²) < 4.78 is 5.92. The third-order valence-corrected chi connectivity index (χ3v) is 4.96. The van der Waals surface area contributed by atoms with Crippen LogP contribution >= 0.6 is 0 Å². The summed E-state index contributed by atoms with van der Waals surface area (Å²) in [5.41, 5.74) is 2.17. The van der Waals surface area contributed by atoms with E-state index in [1.807, 2.05) is 74.5 Å². The Morgan fingerprint density at radius 1 is 1.08 bits per heavy atom. The second-order valence-electron chi connectivity index (χ2n) is 7.09. The minimum atomic E-state index is -0.684. The van der Waals surface area contributed by atoms with Gasteiger partial charge in [0.25, 0.3) is 5.91 Å². The minimum Gasteiger partial charge on any atom is -0.382 e. The van der Waals surface area contributed by atoms with Gasteiger partial charge in [-0.2, -0.15) is 0 Å². The Morgan fingerprint density at radius 3 is 2.42 bits per heavy atom. The summed E-state index contributed by atoms with van der Waals surface area (Å²) in [4.78, 5) is 20.6. The normalized spacial score (nSPS) is 24.2. The summed E-state index contributed by atoms with van der Waals surface area (Å²) in [5, 5.41) is 4.15. The Hall–Kier alpha value is -2.66. The summed E-state index contributed by atoms with van der Waals surface area (Å²) in [5.74, 6) is -0.0870. The Morgan fingerprint density at radius 2 is 1.73 bits per heavy atom. The van der Waals surface area contributed by atoms with E-state index in [-0.39, 0.29) is 11.9 Å². The molecule has 0 bridgehead atoms. The molecule has 2 aliphatic rings. The highest BCUT2D eigenvalue weighted by Crippen LogP contribution is 2.38. The Bertz CT molecular complexity index is 818. The first kappa shape index (κ1) is 16.8. The maximum absolute atomic E-state index is 13.3. The third kappa shape index (κ3) is 2.99. The molecule has 1 fully saturated rings. The van der Waals surface area contributed by atoms with Crippen LogP contribution in [0.3, 0.4) is 0 Å². The number of rotatable bonds is 3. The van der Waals surface area contributed by atoms with Gasteiger partial charge in [-0.3, -0.25) is 4.79 Å². The molecule has 0 N–H and O–H groups in total. The maximum Gasteiger partial charge on any atom is 0.269 e. The SMILES string of the molecule is CC1(C)OC[C@@H](c2ccccc2)N1C(=O)[C@@H]1CC(c2ccccc2)=NO1. The van der Waals surface area contributed by atoms with E-state index < -0.39 is 11.8 Å². The predicted octanol–water partition coefficient (Wildman–Crippen LogP) is 3.52. The highest BCUT2D eigenvalue weighted by molar-refractivity contribution is 6.04. The largest absolute Gasteiger partial charge is 0.382 e. The van der Waals surface area contributed by atoms with Crippen molar-refractivity contribution >= 4 is 11.6 Å². The number of hydrogen-bond acceptors (Lipinski definition) is 4. The van der Waals surface area contributed by atoms with Gasteiger partial charge in [0.05, 0.1) is 18.4 Å². The molecule has 1 amide bonds. The van der Waals surface area contributed by atoms with Gasteiger partial charge < -0.3 is 14.5 Å². The molecule has 2 heterocycles. The molecule has 2 atom stereocenters. The third-order valence-electron chi connectivity index (χ3n) is 4.96. The molecule has 2 aliphatic heterocycles. The lowest BCUT2D eigenvalue weighted by atomic mass is 10.0. The van der Waals surface area contributed by atoms with Crippen molar-refractivity contribution < 1.29 is 14.4 Å². The van der Waals surface area contributed by atoms with Crippen LogP contribution in [0.5, 0.6) is 0 Å². The molecule has 5 heteroatoms. The molecule has 5 nitrogen and oxygen atoms in total. The fraction of sp³-hybridized carbons (Fsp3) is 0.333. The van der Waals surface area contributed by atoms with Gasteiger partial charge in [0.1, 0.15) is 5.72 Å². The van der Waals surface area contributed by atoms with Gasteiger partial charge in [0.2, 0.25) is 6.10 Å². The molecule has 26 heavy (non-hydrogen) atoms. The van der Waals surface area contributed by atoms with Gasteiger partial charge in [-0.1, -0.05) is 65.8 Å². The predicted molar refractivity (Wildman–Crippen MR) is 98.5 cm³/mol. The average Bonchev–Trinajstić information content (AvgIpc) is 3.27. The second kappa shape index (κ2) is 6.57. The molecule has 134 valence electrons. The second-order valence-corrected chi connectivity index (χ2v) is 7.09. The van der Waals surface area contributed by atoms with Crippen molar-refractivity contribution in [3.05, 3.63) is 71.8 Å². The number of oxime groups is 1. The first-order valence-electron chi connectivity index (χ1n) is 8.86. The Labute approximate surface area is 153 Å². The lowest BCUT2D eigenvalue weighted by molar-refractivity contribution is -0.157. The molecule has 0 aliphatic carbocycles.